The summed E-state index contributed by atoms with van der Waals surface area (Å²) < 4.78 is 10.4. The molecule has 1 atom stereocenters. The van der Waals surface area contributed by atoms with Crippen LogP contribution in [0.15, 0.2) is 0 Å². The van der Waals surface area contributed by atoms with Crippen LogP contribution in [-0.2, 0) is 10.8 Å². The van der Waals surface area contributed by atoms with Gasteiger partial charge < -0.3 is 4.90 Å². The maximum absolute atomic E-state index is 10.4. The van der Waals surface area contributed by atoms with Crippen LogP contribution >= 0.6 is 0 Å². The Balaban J connectivity index is 3.05. The Morgan fingerprint density at radius 2 is 2.00 bits per heavy atom. The Labute approximate surface area is 53.3 Å². The van der Waals surface area contributed by atoms with Crippen molar-refractivity contribution in [1.82, 2.24) is 4.90 Å². The first-order valence-corrected chi connectivity index (χ1v) is 4.30. The molecule has 2 nitrogen and oxygen atoms in total. The molecule has 0 aliphatic rings. The Bertz CT molecular complexity index is 82.5. The number of hydrogen-bond acceptors (Lipinski definition) is 2. The first-order valence-electron chi connectivity index (χ1n) is 2.57. The quantitative estimate of drug-likeness (QED) is 0.540. The van der Waals surface area contributed by atoms with Crippen LogP contribution < -0.4 is 0 Å². The molecule has 0 heterocycles. The molecule has 0 aromatic heterocycles. The molecule has 0 radical (unpaired) electrons. The Morgan fingerprint density at radius 1 is 1.50 bits per heavy atom. The normalized spacial score (nSPS) is 14.5. The van der Waals surface area contributed by atoms with Gasteiger partial charge in [-0.25, -0.2) is 0 Å². The van der Waals surface area contributed by atoms with Crippen LogP contribution in [0.3, 0.4) is 0 Å². The zero-order valence-electron chi connectivity index (χ0n) is 5.68. The third-order valence-corrected chi connectivity index (χ3v) is 1.58. The molecule has 0 aliphatic carbocycles. The molecule has 3 heteroatoms. The minimum absolute atomic E-state index is 0.628. The van der Waals surface area contributed by atoms with Gasteiger partial charge in [0.05, 0.1) is 0 Å². The fourth-order valence-electron chi connectivity index (χ4n) is 0.311. The highest BCUT2D eigenvalue weighted by Gasteiger charge is 1.90. The molecule has 50 valence electrons. The largest absolute Gasteiger partial charge is 0.308 e. The fraction of sp³-hybridized carbons (Fsp3) is 1.00. The second kappa shape index (κ2) is 4.04. The molecule has 8 heavy (non-hydrogen) atoms. The summed E-state index contributed by atoms with van der Waals surface area (Å²) in [5, 5.41) is 0. The predicted octanol–water partition coefficient (Wildman–Crippen LogP) is -0.0735. The van der Waals surface area contributed by atoms with Crippen molar-refractivity contribution >= 4 is 10.8 Å². The standard InChI is InChI=1S/C5H13NOS/c1-6(2)4-5-8(3)7/h4-5H2,1-3H3. The van der Waals surface area contributed by atoms with Crippen molar-refractivity contribution in [3.05, 3.63) is 0 Å². The molecule has 0 saturated heterocycles. The second-order valence-corrected chi connectivity index (χ2v) is 3.64. The van der Waals surface area contributed by atoms with Crippen molar-refractivity contribution in [2.75, 3.05) is 32.6 Å². The molecule has 0 fully saturated rings. The van der Waals surface area contributed by atoms with Gasteiger partial charge in [0.25, 0.3) is 0 Å². The zero-order valence-corrected chi connectivity index (χ0v) is 6.49. The minimum atomic E-state index is -0.628. The van der Waals surface area contributed by atoms with E-state index in [2.05, 4.69) is 0 Å². The lowest BCUT2D eigenvalue weighted by molar-refractivity contribution is 0.436. The van der Waals surface area contributed by atoms with Crippen LogP contribution in [0.25, 0.3) is 0 Å². The summed E-state index contributed by atoms with van der Waals surface area (Å²) in [7, 11) is 3.33. The minimum Gasteiger partial charge on any atom is -0.308 e. The van der Waals surface area contributed by atoms with E-state index in [-0.39, 0.29) is 0 Å². The molecular formula is C5H13NOS. The van der Waals surface area contributed by atoms with E-state index < -0.39 is 10.8 Å². The molecular weight excluding hydrogens is 122 g/mol. The van der Waals surface area contributed by atoms with Gasteiger partial charge >= 0.3 is 0 Å². The predicted molar refractivity (Wildman–Crippen MR) is 37.5 cm³/mol. The Hall–Kier alpha value is 0.110. The summed E-state index contributed by atoms with van der Waals surface area (Å²) in [5.41, 5.74) is 0. The highest BCUT2D eigenvalue weighted by molar-refractivity contribution is 7.84. The van der Waals surface area contributed by atoms with Crippen LogP contribution in [0, 0.1) is 0 Å². The van der Waals surface area contributed by atoms with Gasteiger partial charge in [0.2, 0.25) is 0 Å². The summed E-state index contributed by atoms with van der Waals surface area (Å²) in [6.07, 6.45) is 1.73. The average Bonchev–Trinajstić information content (AvgIpc) is 1.61. The lowest BCUT2D eigenvalue weighted by Gasteiger charge is -2.05. The summed E-state index contributed by atoms with van der Waals surface area (Å²) in [4.78, 5) is 2.03. The smallest absolute Gasteiger partial charge is 0.0359 e. The van der Waals surface area contributed by atoms with Crippen LogP contribution in [0.2, 0.25) is 0 Å². The molecule has 0 rings (SSSR count). The Kier molecular flexibility index (Phi) is 4.09. The van der Waals surface area contributed by atoms with Crippen molar-refractivity contribution in [1.29, 1.82) is 0 Å². The van der Waals surface area contributed by atoms with Gasteiger partial charge in [0, 0.05) is 29.4 Å². The molecule has 0 aliphatic heterocycles. The highest BCUT2D eigenvalue weighted by Crippen LogP contribution is 1.76. The van der Waals surface area contributed by atoms with Crippen molar-refractivity contribution < 1.29 is 4.21 Å². The summed E-state index contributed by atoms with van der Waals surface area (Å²) >= 11 is 0. The zero-order chi connectivity index (χ0) is 6.57. The second-order valence-electron chi connectivity index (χ2n) is 2.08. The van der Waals surface area contributed by atoms with Crippen LogP contribution in [-0.4, -0.2) is 41.8 Å². The van der Waals surface area contributed by atoms with Gasteiger partial charge in [-0.2, -0.15) is 0 Å². The number of nitrogens with zero attached hydrogens (tertiary/aromatic N) is 1. The van der Waals surface area contributed by atoms with Gasteiger partial charge in [0.15, 0.2) is 0 Å². The molecule has 0 N–H and O–H groups in total. The highest BCUT2D eigenvalue weighted by atomic mass is 32.2. The monoisotopic (exact) mass is 135 g/mol. The van der Waals surface area contributed by atoms with E-state index in [1.165, 1.54) is 0 Å². The third-order valence-electron chi connectivity index (χ3n) is 0.826. The Morgan fingerprint density at radius 3 is 2.12 bits per heavy atom. The summed E-state index contributed by atoms with van der Waals surface area (Å²) in [5.74, 6) is 0.785. The van der Waals surface area contributed by atoms with Gasteiger partial charge in [-0.3, -0.25) is 4.21 Å². The number of hydrogen-bond donors (Lipinski definition) is 0. The third kappa shape index (κ3) is 6.11. The van der Waals surface area contributed by atoms with Crippen LogP contribution in [0.4, 0.5) is 0 Å². The van der Waals surface area contributed by atoms with E-state index in [0.717, 1.165) is 12.3 Å². The van der Waals surface area contributed by atoms with Crippen molar-refractivity contribution in [2.45, 2.75) is 0 Å². The maximum Gasteiger partial charge on any atom is 0.0359 e. The van der Waals surface area contributed by atoms with E-state index >= 15 is 0 Å². The van der Waals surface area contributed by atoms with Crippen LogP contribution in [0.5, 0.6) is 0 Å². The van der Waals surface area contributed by atoms with Gasteiger partial charge in [0.1, 0.15) is 0 Å². The number of rotatable bonds is 3. The SMILES string of the molecule is CN(C)CCS(C)=O. The maximum atomic E-state index is 10.4. The van der Waals surface area contributed by atoms with E-state index in [0.29, 0.717) is 0 Å². The van der Waals surface area contributed by atoms with Crippen molar-refractivity contribution in [3.63, 3.8) is 0 Å². The summed E-state index contributed by atoms with van der Waals surface area (Å²) in [6.45, 7) is 0.920. The molecule has 0 saturated carbocycles. The molecule has 0 amide bonds. The molecule has 0 spiro atoms. The van der Waals surface area contributed by atoms with E-state index in [1.807, 2.05) is 19.0 Å². The van der Waals surface area contributed by atoms with Gasteiger partial charge in [-0.15, -0.1) is 0 Å². The van der Waals surface area contributed by atoms with Crippen molar-refractivity contribution in [2.24, 2.45) is 0 Å². The topological polar surface area (TPSA) is 20.3 Å². The lowest BCUT2D eigenvalue weighted by Crippen LogP contribution is -2.18. The summed E-state index contributed by atoms with van der Waals surface area (Å²) in [6, 6.07) is 0. The molecule has 0 bridgehead atoms. The first-order chi connectivity index (χ1) is 3.63. The van der Waals surface area contributed by atoms with E-state index in [1.54, 1.807) is 6.26 Å². The van der Waals surface area contributed by atoms with Gasteiger partial charge in [-0.1, -0.05) is 0 Å². The van der Waals surface area contributed by atoms with Crippen LogP contribution in [0.1, 0.15) is 0 Å². The first kappa shape index (κ1) is 8.11. The van der Waals surface area contributed by atoms with E-state index in [9.17, 15) is 4.21 Å². The van der Waals surface area contributed by atoms with Crippen molar-refractivity contribution in [3.8, 4) is 0 Å². The fourth-order valence-corrected chi connectivity index (χ4v) is 0.933. The molecule has 0 aromatic rings. The van der Waals surface area contributed by atoms with E-state index in [4.69, 9.17) is 0 Å². The average molecular weight is 135 g/mol. The lowest BCUT2D eigenvalue weighted by atomic mass is 10.7. The molecule has 1 unspecified atom stereocenters. The molecule has 0 aromatic carbocycles. The van der Waals surface area contributed by atoms with Gasteiger partial charge in [-0.05, 0) is 14.1 Å².